The van der Waals surface area contributed by atoms with Crippen LogP contribution in [0.3, 0.4) is 0 Å². The number of carbonyl (C=O) groups is 1. The summed E-state index contributed by atoms with van der Waals surface area (Å²) >= 11 is 7.05. The van der Waals surface area contributed by atoms with Crippen LogP contribution >= 0.6 is 22.9 Å². The maximum Gasteiger partial charge on any atom is 0.274 e. The lowest BCUT2D eigenvalue weighted by Crippen LogP contribution is -2.38. The monoisotopic (exact) mass is 438 g/mol. The number of para-hydroxylation sites is 1. The average molecular weight is 439 g/mol. The second-order valence-corrected chi connectivity index (χ2v) is 9.30. The number of thiophene rings is 1. The molecule has 0 saturated heterocycles. The Kier molecular flexibility index (Phi) is 6.02. The molecule has 9 heteroatoms. The molecule has 146 valence electrons. The van der Waals surface area contributed by atoms with E-state index in [1.807, 2.05) is 0 Å². The van der Waals surface area contributed by atoms with E-state index in [1.165, 1.54) is 24.3 Å². The van der Waals surface area contributed by atoms with Gasteiger partial charge in [0.25, 0.3) is 10.0 Å². The van der Waals surface area contributed by atoms with Gasteiger partial charge in [-0.25, -0.2) is 12.8 Å². The van der Waals surface area contributed by atoms with Gasteiger partial charge in [-0.15, -0.1) is 11.3 Å². The molecule has 5 nitrogen and oxygen atoms in total. The van der Waals surface area contributed by atoms with Gasteiger partial charge in [0.15, 0.2) is 0 Å². The summed E-state index contributed by atoms with van der Waals surface area (Å²) < 4.78 is 41.2. The highest BCUT2D eigenvalue weighted by Crippen LogP contribution is 2.29. The predicted octanol–water partition coefficient (Wildman–Crippen LogP) is 4.68. The Morgan fingerprint density at radius 3 is 2.57 bits per heavy atom. The highest BCUT2D eigenvalue weighted by Gasteiger charge is 2.30. The first kappa shape index (κ1) is 20.3. The molecule has 0 atom stereocenters. The third-order valence-corrected chi connectivity index (χ3v) is 7.53. The fraction of sp³-hybridized carbons (Fsp3) is 0.105. The quantitative estimate of drug-likeness (QED) is 0.607. The normalized spacial score (nSPS) is 11.2. The highest BCUT2D eigenvalue weighted by atomic mass is 35.5. The first-order valence-electron chi connectivity index (χ1n) is 8.16. The lowest BCUT2D eigenvalue weighted by molar-refractivity contribution is -0.114. The third kappa shape index (κ3) is 4.19. The summed E-state index contributed by atoms with van der Waals surface area (Å²) in [5.41, 5.74) is 0.907. The Bertz CT molecular complexity index is 1100. The van der Waals surface area contributed by atoms with Crippen molar-refractivity contribution in [2.45, 2.75) is 11.1 Å². The van der Waals surface area contributed by atoms with E-state index in [0.29, 0.717) is 16.3 Å². The summed E-state index contributed by atoms with van der Waals surface area (Å²) in [6.45, 7) is 1.14. The van der Waals surface area contributed by atoms with Crippen LogP contribution in [0.25, 0.3) is 0 Å². The Hall–Kier alpha value is -2.42. The van der Waals surface area contributed by atoms with E-state index in [0.717, 1.165) is 21.7 Å². The van der Waals surface area contributed by atoms with E-state index < -0.39 is 28.3 Å². The fourth-order valence-electron chi connectivity index (χ4n) is 2.54. The van der Waals surface area contributed by atoms with Crippen molar-refractivity contribution in [3.63, 3.8) is 0 Å². The minimum absolute atomic E-state index is 0.0162. The van der Waals surface area contributed by atoms with Gasteiger partial charge in [0.1, 0.15) is 16.6 Å². The van der Waals surface area contributed by atoms with Crippen LogP contribution in [0.5, 0.6) is 0 Å². The van der Waals surface area contributed by atoms with E-state index >= 15 is 0 Å². The van der Waals surface area contributed by atoms with E-state index in [4.69, 9.17) is 11.6 Å². The number of rotatable bonds is 6. The molecule has 3 rings (SSSR count). The minimum Gasteiger partial charge on any atom is -0.324 e. The summed E-state index contributed by atoms with van der Waals surface area (Å²) in [5, 5.41) is 4.71. The molecule has 0 bridgehead atoms. The number of nitrogens with one attached hydrogen (secondary N) is 1. The van der Waals surface area contributed by atoms with Crippen LogP contribution in [0.1, 0.15) is 5.56 Å². The molecule has 28 heavy (non-hydrogen) atoms. The fourth-order valence-corrected chi connectivity index (χ4v) is 5.24. The molecule has 0 aliphatic rings. The van der Waals surface area contributed by atoms with Crippen LogP contribution in [0, 0.1) is 12.7 Å². The maximum atomic E-state index is 14.4. The van der Waals surface area contributed by atoms with Gasteiger partial charge in [0.05, 0.1) is 5.69 Å². The number of hydrogen-bond donors (Lipinski definition) is 1. The van der Waals surface area contributed by atoms with Crippen molar-refractivity contribution in [1.82, 2.24) is 0 Å². The van der Waals surface area contributed by atoms with Crippen LogP contribution in [0.2, 0.25) is 5.02 Å². The smallest absolute Gasteiger partial charge is 0.274 e. The van der Waals surface area contributed by atoms with Gasteiger partial charge in [0.2, 0.25) is 5.91 Å². The van der Waals surface area contributed by atoms with Crippen LogP contribution in [0.15, 0.2) is 64.2 Å². The van der Waals surface area contributed by atoms with Crippen LogP contribution in [0.4, 0.5) is 15.8 Å². The molecule has 1 heterocycles. The summed E-state index contributed by atoms with van der Waals surface area (Å²) in [4.78, 5) is 12.6. The Labute approximate surface area is 171 Å². The van der Waals surface area contributed by atoms with Crippen LogP contribution < -0.4 is 9.62 Å². The zero-order valence-electron chi connectivity index (χ0n) is 14.7. The Balaban J connectivity index is 1.95. The number of hydrogen-bond acceptors (Lipinski definition) is 4. The summed E-state index contributed by atoms with van der Waals surface area (Å²) in [7, 11) is -4.11. The van der Waals surface area contributed by atoms with Crippen molar-refractivity contribution in [3.8, 4) is 0 Å². The van der Waals surface area contributed by atoms with Crippen molar-refractivity contribution in [3.05, 3.63) is 76.4 Å². The topological polar surface area (TPSA) is 66.5 Å². The van der Waals surface area contributed by atoms with Crippen molar-refractivity contribution < 1.29 is 17.6 Å². The highest BCUT2D eigenvalue weighted by molar-refractivity contribution is 7.94. The number of carbonyl (C=O) groups excluding carboxylic acids is 1. The molecule has 0 radical (unpaired) electrons. The summed E-state index contributed by atoms with van der Waals surface area (Å²) in [5.74, 6) is -1.36. The van der Waals surface area contributed by atoms with Gasteiger partial charge in [0, 0.05) is 10.7 Å². The van der Waals surface area contributed by atoms with Crippen LogP contribution in [-0.2, 0) is 14.8 Å². The van der Waals surface area contributed by atoms with Gasteiger partial charge >= 0.3 is 0 Å². The number of amides is 1. The molecule has 0 saturated carbocycles. The summed E-state index contributed by atoms with van der Waals surface area (Å²) in [6.07, 6.45) is 0. The van der Waals surface area contributed by atoms with Gasteiger partial charge in [-0.3, -0.25) is 9.10 Å². The minimum atomic E-state index is -4.11. The molecule has 2 aromatic carbocycles. The van der Waals surface area contributed by atoms with Crippen LogP contribution in [-0.4, -0.2) is 20.9 Å². The second-order valence-electron chi connectivity index (χ2n) is 5.86. The number of sulfonamides is 1. The number of anilines is 2. The molecule has 0 aliphatic heterocycles. The van der Waals surface area contributed by atoms with Gasteiger partial charge < -0.3 is 5.32 Å². The molecule has 0 fully saturated rings. The zero-order valence-corrected chi connectivity index (χ0v) is 17.1. The van der Waals surface area contributed by atoms with Crippen molar-refractivity contribution >= 4 is 50.2 Å². The Morgan fingerprint density at radius 2 is 1.89 bits per heavy atom. The summed E-state index contributed by atoms with van der Waals surface area (Å²) in [6, 6.07) is 13.4. The van der Waals surface area contributed by atoms with Crippen molar-refractivity contribution in [2.75, 3.05) is 16.2 Å². The second kappa shape index (κ2) is 8.30. The zero-order chi connectivity index (χ0) is 20.3. The average Bonchev–Trinajstić information content (AvgIpc) is 3.20. The lowest BCUT2D eigenvalue weighted by atomic mass is 10.2. The first-order chi connectivity index (χ1) is 13.3. The van der Waals surface area contributed by atoms with E-state index in [9.17, 15) is 17.6 Å². The van der Waals surface area contributed by atoms with E-state index in [-0.39, 0.29) is 9.90 Å². The molecule has 0 aliphatic carbocycles. The molecule has 0 unspecified atom stereocenters. The maximum absolute atomic E-state index is 14.4. The van der Waals surface area contributed by atoms with Gasteiger partial charge in [-0.05, 0) is 48.2 Å². The standard InChI is InChI=1S/C19H16ClFN2O3S2/c1-13-14(20)6-4-8-16(13)22-18(24)12-23(17-9-3-2-7-15(17)21)28(25,26)19-10-5-11-27-19/h2-11H,12H2,1H3,(H,22,24). The molecule has 1 aromatic heterocycles. The third-order valence-electron chi connectivity index (χ3n) is 3.99. The lowest BCUT2D eigenvalue weighted by Gasteiger charge is -2.24. The largest absolute Gasteiger partial charge is 0.324 e. The molecule has 3 aromatic rings. The molecular weight excluding hydrogens is 423 g/mol. The molecule has 1 amide bonds. The number of halogens is 2. The molecule has 0 spiro atoms. The van der Waals surface area contributed by atoms with E-state index in [1.54, 1.807) is 36.6 Å². The Morgan fingerprint density at radius 1 is 1.14 bits per heavy atom. The van der Waals surface area contributed by atoms with Crippen molar-refractivity contribution in [2.24, 2.45) is 0 Å². The van der Waals surface area contributed by atoms with Gasteiger partial charge in [-0.2, -0.15) is 0 Å². The number of benzene rings is 2. The first-order valence-corrected chi connectivity index (χ1v) is 10.9. The van der Waals surface area contributed by atoms with Crippen molar-refractivity contribution in [1.29, 1.82) is 0 Å². The van der Waals surface area contributed by atoms with Gasteiger partial charge in [-0.1, -0.05) is 35.9 Å². The number of nitrogens with zero attached hydrogens (tertiary/aromatic N) is 1. The molecule has 1 N–H and O–H groups in total. The SMILES string of the molecule is Cc1c(Cl)cccc1NC(=O)CN(c1ccccc1F)S(=O)(=O)c1cccs1. The molecular formula is C19H16ClFN2O3S2. The predicted molar refractivity (Wildman–Crippen MR) is 110 cm³/mol. The van der Waals surface area contributed by atoms with E-state index in [2.05, 4.69) is 5.32 Å².